The lowest BCUT2D eigenvalue weighted by atomic mass is 10.0. The maximum absolute atomic E-state index is 10.9. The molecule has 0 saturated heterocycles. The van der Waals surface area contributed by atoms with Crippen molar-refractivity contribution in [2.45, 2.75) is 90.2 Å². The number of hydrogen-bond acceptors (Lipinski definition) is 4. The molecule has 4 nitrogen and oxygen atoms in total. The Bertz CT molecular complexity index is 247. The lowest BCUT2D eigenvalue weighted by molar-refractivity contribution is -0.156. The standard InChI is InChI=1S/C16H34N2O2/c1-3-4-5-6-7-8-9-10-11-12-13-16(18,14-17)20-15(2)19/h3-14,17-18H2,1-2H3. The first kappa shape index (κ1) is 19.4. The Hall–Kier alpha value is -0.610. The zero-order valence-electron chi connectivity index (χ0n) is 13.5. The molecule has 0 rings (SSSR count). The molecule has 120 valence electrons. The van der Waals surface area contributed by atoms with E-state index < -0.39 is 5.72 Å². The lowest BCUT2D eigenvalue weighted by Gasteiger charge is -2.27. The molecule has 0 aliphatic heterocycles. The van der Waals surface area contributed by atoms with Gasteiger partial charge in [0.25, 0.3) is 0 Å². The largest absolute Gasteiger partial charge is 0.443 e. The first-order valence-corrected chi connectivity index (χ1v) is 8.22. The number of hydrogen-bond donors (Lipinski definition) is 2. The van der Waals surface area contributed by atoms with Crippen LogP contribution in [-0.4, -0.2) is 18.2 Å². The molecule has 4 N–H and O–H groups in total. The van der Waals surface area contributed by atoms with Crippen LogP contribution in [0.15, 0.2) is 0 Å². The zero-order valence-corrected chi connectivity index (χ0v) is 13.5. The molecule has 0 aromatic rings. The summed E-state index contributed by atoms with van der Waals surface area (Å²) in [6.07, 6.45) is 13.4. The molecule has 1 atom stereocenters. The topological polar surface area (TPSA) is 78.3 Å². The Morgan fingerprint density at radius 2 is 1.40 bits per heavy atom. The van der Waals surface area contributed by atoms with E-state index in [0.29, 0.717) is 6.42 Å². The minimum absolute atomic E-state index is 0.185. The Morgan fingerprint density at radius 1 is 0.950 bits per heavy atom. The van der Waals surface area contributed by atoms with E-state index in [0.717, 1.165) is 12.8 Å². The number of esters is 1. The summed E-state index contributed by atoms with van der Waals surface area (Å²) in [5.41, 5.74) is 10.5. The second kappa shape index (κ2) is 12.2. The van der Waals surface area contributed by atoms with Crippen molar-refractivity contribution in [3.8, 4) is 0 Å². The van der Waals surface area contributed by atoms with Gasteiger partial charge in [-0.3, -0.25) is 10.5 Å². The van der Waals surface area contributed by atoms with Crippen LogP contribution in [0, 0.1) is 0 Å². The smallest absolute Gasteiger partial charge is 0.304 e. The summed E-state index contributed by atoms with van der Waals surface area (Å²) in [6.45, 7) is 3.80. The summed E-state index contributed by atoms with van der Waals surface area (Å²) in [5, 5.41) is 0. The predicted molar refractivity (Wildman–Crippen MR) is 84.2 cm³/mol. The number of ether oxygens (including phenoxy) is 1. The maximum Gasteiger partial charge on any atom is 0.304 e. The van der Waals surface area contributed by atoms with Crippen molar-refractivity contribution in [2.24, 2.45) is 11.5 Å². The highest BCUT2D eigenvalue weighted by atomic mass is 16.6. The van der Waals surface area contributed by atoms with E-state index in [2.05, 4.69) is 6.92 Å². The van der Waals surface area contributed by atoms with Crippen LogP contribution < -0.4 is 11.5 Å². The minimum Gasteiger partial charge on any atom is -0.443 e. The summed E-state index contributed by atoms with van der Waals surface area (Å²) in [5.74, 6) is -0.356. The van der Waals surface area contributed by atoms with Crippen molar-refractivity contribution in [1.82, 2.24) is 0 Å². The fourth-order valence-electron chi connectivity index (χ4n) is 2.39. The van der Waals surface area contributed by atoms with Gasteiger partial charge >= 0.3 is 5.97 Å². The van der Waals surface area contributed by atoms with E-state index in [1.54, 1.807) is 0 Å². The van der Waals surface area contributed by atoms with Gasteiger partial charge in [-0.25, -0.2) is 0 Å². The van der Waals surface area contributed by atoms with Gasteiger partial charge in [-0.1, -0.05) is 64.7 Å². The fraction of sp³-hybridized carbons (Fsp3) is 0.938. The molecule has 0 aromatic carbocycles. The van der Waals surface area contributed by atoms with Gasteiger partial charge in [-0.2, -0.15) is 0 Å². The highest BCUT2D eigenvalue weighted by Gasteiger charge is 2.25. The second-order valence-corrected chi connectivity index (χ2v) is 5.79. The van der Waals surface area contributed by atoms with Gasteiger partial charge in [0.05, 0.1) is 0 Å². The van der Waals surface area contributed by atoms with Crippen LogP contribution in [0.1, 0.15) is 84.5 Å². The summed E-state index contributed by atoms with van der Waals surface area (Å²) >= 11 is 0. The summed E-state index contributed by atoms with van der Waals surface area (Å²) in [7, 11) is 0. The highest BCUT2D eigenvalue weighted by Crippen LogP contribution is 2.16. The fourth-order valence-corrected chi connectivity index (χ4v) is 2.39. The summed E-state index contributed by atoms with van der Waals surface area (Å²) < 4.78 is 5.08. The Kier molecular flexibility index (Phi) is 11.8. The molecular weight excluding hydrogens is 252 g/mol. The molecular formula is C16H34N2O2. The first-order chi connectivity index (χ1) is 9.54. The van der Waals surface area contributed by atoms with Gasteiger partial charge in [0, 0.05) is 19.9 Å². The number of nitrogens with two attached hydrogens (primary N) is 2. The molecule has 0 aromatic heterocycles. The van der Waals surface area contributed by atoms with Crippen molar-refractivity contribution < 1.29 is 9.53 Å². The van der Waals surface area contributed by atoms with Crippen LogP contribution in [0.3, 0.4) is 0 Å². The van der Waals surface area contributed by atoms with Crippen LogP contribution in [0.4, 0.5) is 0 Å². The molecule has 0 heterocycles. The number of carbonyl (C=O) groups excluding carboxylic acids is 1. The lowest BCUT2D eigenvalue weighted by Crippen LogP contribution is -2.50. The van der Waals surface area contributed by atoms with E-state index in [4.69, 9.17) is 16.2 Å². The molecule has 1 unspecified atom stereocenters. The van der Waals surface area contributed by atoms with Crippen molar-refractivity contribution >= 4 is 5.97 Å². The van der Waals surface area contributed by atoms with Crippen LogP contribution in [-0.2, 0) is 9.53 Å². The number of rotatable bonds is 13. The molecule has 0 saturated carbocycles. The number of carbonyl (C=O) groups is 1. The quantitative estimate of drug-likeness (QED) is 0.309. The Labute approximate surface area is 124 Å². The van der Waals surface area contributed by atoms with Gasteiger partial charge in [-0.05, 0) is 6.42 Å². The molecule has 4 heteroatoms. The van der Waals surface area contributed by atoms with E-state index in [1.807, 2.05) is 0 Å². The predicted octanol–water partition coefficient (Wildman–Crippen LogP) is 3.47. The summed E-state index contributed by atoms with van der Waals surface area (Å²) in [6, 6.07) is 0. The third kappa shape index (κ3) is 11.2. The molecule has 0 aliphatic rings. The van der Waals surface area contributed by atoms with Crippen molar-refractivity contribution in [3.63, 3.8) is 0 Å². The van der Waals surface area contributed by atoms with Crippen LogP contribution in [0.5, 0.6) is 0 Å². The molecule has 0 spiro atoms. The number of unbranched alkanes of at least 4 members (excludes halogenated alkanes) is 9. The monoisotopic (exact) mass is 286 g/mol. The third-order valence-electron chi connectivity index (χ3n) is 3.65. The molecule has 20 heavy (non-hydrogen) atoms. The van der Waals surface area contributed by atoms with Gasteiger partial charge in [0.2, 0.25) is 0 Å². The molecule has 0 bridgehead atoms. The molecule has 0 radical (unpaired) electrons. The normalized spacial score (nSPS) is 14.0. The van der Waals surface area contributed by atoms with Crippen LogP contribution in [0.25, 0.3) is 0 Å². The van der Waals surface area contributed by atoms with Crippen molar-refractivity contribution in [2.75, 3.05) is 6.54 Å². The third-order valence-corrected chi connectivity index (χ3v) is 3.65. The minimum atomic E-state index is -0.966. The average molecular weight is 286 g/mol. The van der Waals surface area contributed by atoms with E-state index in [-0.39, 0.29) is 12.5 Å². The SMILES string of the molecule is CCCCCCCCCCCCC(N)(CN)OC(C)=O. The maximum atomic E-state index is 10.9. The van der Waals surface area contributed by atoms with Crippen molar-refractivity contribution in [1.29, 1.82) is 0 Å². The van der Waals surface area contributed by atoms with E-state index in [9.17, 15) is 4.79 Å². The Morgan fingerprint density at radius 3 is 1.80 bits per heavy atom. The summed E-state index contributed by atoms with van der Waals surface area (Å²) in [4.78, 5) is 10.9. The van der Waals surface area contributed by atoms with Crippen LogP contribution in [0.2, 0.25) is 0 Å². The second-order valence-electron chi connectivity index (χ2n) is 5.79. The van der Waals surface area contributed by atoms with E-state index in [1.165, 1.54) is 58.3 Å². The molecule has 0 aliphatic carbocycles. The average Bonchev–Trinajstić information content (AvgIpc) is 2.40. The van der Waals surface area contributed by atoms with Crippen LogP contribution >= 0.6 is 0 Å². The highest BCUT2D eigenvalue weighted by molar-refractivity contribution is 5.66. The zero-order chi connectivity index (χ0) is 15.3. The van der Waals surface area contributed by atoms with Crippen molar-refractivity contribution in [3.05, 3.63) is 0 Å². The van der Waals surface area contributed by atoms with Gasteiger partial charge in [0.1, 0.15) is 0 Å². The van der Waals surface area contributed by atoms with Gasteiger partial charge in [-0.15, -0.1) is 0 Å². The Balaban J connectivity index is 3.44. The first-order valence-electron chi connectivity index (χ1n) is 8.22. The van der Waals surface area contributed by atoms with Gasteiger partial charge < -0.3 is 10.5 Å². The molecule has 0 amide bonds. The van der Waals surface area contributed by atoms with Gasteiger partial charge in [0.15, 0.2) is 5.72 Å². The molecule has 0 fully saturated rings. The van der Waals surface area contributed by atoms with E-state index >= 15 is 0 Å².